The molecule has 0 aromatic heterocycles. The molecule has 0 saturated carbocycles. The van der Waals surface area contributed by atoms with Crippen molar-refractivity contribution in [1.82, 2.24) is 10.2 Å². The van der Waals surface area contributed by atoms with E-state index in [1.165, 1.54) is 5.56 Å². The highest BCUT2D eigenvalue weighted by molar-refractivity contribution is 5.88. The third-order valence-corrected chi connectivity index (χ3v) is 5.15. The number of rotatable bonds is 8. The number of carbonyl (C=O) groups excluding carboxylic acids is 2. The van der Waals surface area contributed by atoms with Gasteiger partial charge in [0.2, 0.25) is 5.91 Å². The van der Waals surface area contributed by atoms with E-state index < -0.39 is 6.04 Å². The lowest BCUT2D eigenvalue weighted by Crippen LogP contribution is -2.49. The minimum atomic E-state index is -0.546. The molecule has 1 atom stereocenters. The van der Waals surface area contributed by atoms with E-state index in [9.17, 15) is 9.59 Å². The Bertz CT molecular complexity index is 853. The first-order chi connectivity index (χ1) is 14.2. The molecule has 30 heavy (non-hydrogen) atoms. The molecule has 0 radical (unpaired) electrons. The first kappa shape index (κ1) is 23.5. The van der Waals surface area contributed by atoms with Gasteiger partial charge in [-0.3, -0.25) is 9.59 Å². The number of likely N-dealkylation sites (N-methyl/N-ethyl adjacent to an activating group) is 1. The Hall–Kier alpha value is -2.82. The van der Waals surface area contributed by atoms with Crippen molar-refractivity contribution in [2.24, 2.45) is 0 Å². The standard InChI is InChI=1S/C25H34N2O3/c1-7-22(24(29)26-6)27(16-19-10-8-9-18(2)15-19)23(28)17-30-21-13-11-20(12-14-21)25(3,4)5/h8-15,22H,7,16-17H2,1-6H3,(H,26,29). The molecule has 0 saturated heterocycles. The lowest BCUT2D eigenvalue weighted by molar-refractivity contribution is -0.142. The predicted molar refractivity (Wildman–Crippen MR) is 121 cm³/mol. The minimum absolute atomic E-state index is 0.0564. The van der Waals surface area contributed by atoms with E-state index in [0.717, 1.165) is 11.1 Å². The summed E-state index contributed by atoms with van der Waals surface area (Å²) in [6.45, 7) is 10.6. The van der Waals surface area contributed by atoms with Crippen LogP contribution in [0.25, 0.3) is 0 Å². The van der Waals surface area contributed by atoms with Crippen LogP contribution in [-0.4, -0.2) is 36.4 Å². The Morgan fingerprint density at radius 3 is 2.30 bits per heavy atom. The molecule has 1 unspecified atom stereocenters. The van der Waals surface area contributed by atoms with Crippen LogP contribution < -0.4 is 10.1 Å². The van der Waals surface area contributed by atoms with E-state index in [4.69, 9.17) is 4.74 Å². The van der Waals surface area contributed by atoms with Gasteiger partial charge in [-0.1, -0.05) is 69.7 Å². The van der Waals surface area contributed by atoms with Crippen molar-refractivity contribution in [3.8, 4) is 5.75 Å². The van der Waals surface area contributed by atoms with Crippen LogP contribution in [0.3, 0.4) is 0 Å². The molecular formula is C25H34N2O3. The summed E-state index contributed by atoms with van der Waals surface area (Å²) >= 11 is 0. The van der Waals surface area contributed by atoms with Crippen molar-refractivity contribution in [3.05, 3.63) is 65.2 Å². The monoisotopic (exact) mass is 410 g/mol. The quantitative estimate of drug-likeness (QED) is 0.709. The fourth-order valence-electron chi connectivity index (χ4n) is 3.37. The lowest BCUT2D eigenvalue weighted by Gasteiger charge is -2.30. The van der Waals surface area contributed by atoms with Gasteiger partial charge in [0, 0.05) is 13.6 Å². The maximum absolute atomic E-state index is 13.1. The maximum Gasteiger partial charge on any atom is 0.261 e. The van der Waals surface area contributed by atoms with E-state index in [1.54, 1.807) is 11.9 Å². The summed E-state index contributed by atoms with van der Waals surface area (Å²) in [5.74, 6) is 0.250. The van der Waals surface area contributed by atoms with Crippen LogP contribution >= 0.6 is 0 Å². The summed E-state index contributed by atoms with van der Waals surface area (Å²) in [5.41, 5.74) is 3.36. The number of nitrogens with one attached hydrogen (secondary N) is 1. The minimum Gasteiger partial charge on any atom is -0.484 e. The van der Waals surface area contributed by atoms with Gasteiger partial charge in [-0.25, -0.2) is 0 Å². The van der Waals surface area contributed by atoms with Crippen LogP contribution in [0, 0.1) is 6.92 Å². The molecular weight excluding hydrogens is 376 g/mol. The van der Waals surface area contributed by atoms with Crippen LogP contribution in [0.4, 0.5) is 0 Å². The van der Waals surface area contributed by atoms with E-state index in [-0.39, 0.29) is 23.8 Å². The van der Waals surface area contributed by atoms with Crippen LogP contribution in [0.5, 0.6) is 5.75 Å². The normalized spacial score (nSPS) is 12.2. The van der Waals surface area contributed by atoms with Gasteiger partial charge in [0.15, 0.2) is 6.61 Å². The maximum atomic E-state index is 13.1. The third kappa shape index (κ3) is 6.34. The summed E-state index contributed by atoms with van der Waals surface area (Å²) in [6, 6.07) is 15.2. The Kier molecular flexibility index (Phi) is 8.04. The van der Waals surface area contributed by atoms with Crippen molar-refractivity contribution in [3.63, 3.8) is 0 Å². The van der Waals surface area contributed by atoms with Crippen molar-refractivity contribution in [2.45, 2.75) is 59.0 Å². The number of nitrogens with zero attached hydrogens (tertiary/aromatic N) is 1. The molecule has 2 amide bonds. The van der Waals surface area contributed by atoms with Gasteiger partial charge >= 0.3 is 0 Å². The number of amides is 2. The van der Waals surface area contributed by atoms with Gasteiger partial charge in [-0.2, -0.15) is 0 Å². The van der Waals surface area contributed by atoms with Crippen molar-refractivity contribution >= 4 is 11.8 Å². The average Bonchev–Trinajstić information content (AvgIpc) is 2.71. The molecule has 5 heteroatoms. The fraction of sp³-hybridized carbons (Fsp3) is 0.440. The summed E-state index contributed by atoms with van der Waals surface area (Å²) in [4.78, 5) is 27.1. The second-order valence-corrected chi connectivity index (χ2v) is 8.61. The zero-order chi connectivity index (χ0) is 22.3. The first-order valence-corrected chi connectivity index (χ1v) is 10.5. The zero-order valence-corrected chi connectivity index (χ0v) is 19.0. The molecule has 5 nitrogen and oxygen atoms in total. The number of ether oxygens (including phenoxy) is 1. The van der Waals surface area contributed by atoms with Gasteiger partial charge < -0.3 is 15.0 Å². The average molecular weight is 411 g/mol. The number of aryl methyl sites for hydroxylation is 1. The number of benzene rings is 2. The summed E-state index contributed by atoms with van der Waals surface area (Å²) in [5, 5.41) is 2.67. The van der Waals surface area contributed by atoms with E-state index in [2.05, 4.69) is 26.1 Å². The molecule has 0 bridgehead atoms. The van der Waals surface area contributed by atoms with Crippen molar-refractivity contribution < 1.29 is 14.3 Å². The summed E-state index contributed by atoms with van der Waals surface area (Å²) in [7, 11) is 1.59. The molecule has 0 heterocycles. The van der Waals surface area contributed by atoms with Gasteiger partial charge in [-0.05, 0) is 42.0 Å². The Labute approximate surface area is 180 Å². The fourth-order valence-corrected chi connectivity index (χ4v) is 3.37. The van der Waals surface area contributed by atoms with Crippen LogP contribution in [-0.2, 0) is 21.5 Å². The van der Waals surface area contributed by atoms with Gasteiger partial charge in [0.25, 0.3) is 5.91 Å². The van der Waals surface area contributed by atoms with Crippen LogP contribution in [0.15, 0.2) is 48.5 Å². The van der Waals surface area contributed by atoms with Crippen molar-refractivity contribution in [2.75, 3.05) is 13.7 Å². The SMILES string of the molecule is CCC(C(=O)NC)N(Cc1cccc(C)c1)C(=O)COc1ccc(C(C)(C)C)cc1. The molecule has 2 aromatic rings. The molecule has 0 aliphatic carbocycles. The molecule has 1 N–H and O–H groups in total. The number of hydrogen-bond donors (Lipinski definition) is 1. The largest absolute Gasteiger partial charge is 0.484 e. The molecule has 0 aliphatic rings. The second kappa shape index (κ2) is 10.3. The second-order valence-electron chi connectivity index (χ2n) is 8.61. The van der Waals surface area contributed by atoms with E-state index in [1.807, 2.05) is 62.4 Å². The first-order valence-electron chi connectivity index (χ1n) is 10.5. The molecule has 0 spiro atoms. The van der Waals surface area contributed by atoms with Crippen LogP contribution in [0.2, 0.25) is 0 Å². The highest BCUT2D eigenvalue weighted by Crippen LogP contribution is 2.24. The van der Waals surface area contributed by atoms with E-state index >= 15 is 0 Å². The highest BCUT2D eigenvalue weighted by Gasteiger charge is 2.28. The van der Waals surface area contributed by atoms with Crippen molar-refractivity contribution in [1.29, 1.82) is 0 Å². The van der Waals surface area contributed by atoms with Gasteiger partial charge in [0.1, 0.15) is 11.8 Å². The molecule has 0 fully saturated rings. The highest BCUT2D eigenvalue weighted by atomic mass is 16.5. The molecule has 162 valence electrons. The summed E-state index contributed by atoms with van der Waals surface area (Å²) < 4.78 is 5.76. The topological polar surface area (TPSA) is 58.6 Å². The van der Waals surface area contributed by atoms with E-state index in [0.29, 0.717) is 18.7 Å². The molecule has 2 aromatic carbocycles. The number of carbonyl (C=O) groups is 2. The number of hydrogen-bond acceptors (Lipinski definition) is 3. The smallest absolute Gasteiger partial charge is 0.261 e. The van der Waals surface area contributed by atoms with Gasteiger partial charge in [0.05, 0.1) is 0 Å². The molecule has 0 aliphatic heterocycles. The third-order valence-electron chi connectivity index (χ3n) is 5.15. The Morgan fingerprint density at radius 1 is 1.10 bits per heavy atom. The summed E-state index contributed by atoms with van der Waals surface area (Å²) in [6.07, 6.45) is 0.525. The zero-order valence-electron chi connectivity index (χ0n) is 19.0. The predicted octanol–water partition coefficient (Wildman–Crippen LogP) is 4.22. The molecule has 2 rings (SSSR count). The lowest BCUT2D eigenvalue weighted by atomic mass is 9.87. The van der Waals surface area contributed by atoms with Gasteiger partial charge in [-0.15, -0.1) is 0 Å². The Balaban J connectivity index is 2.16. The Morgan fingerprint density at radius 2 is 1.77 bits per heavy atom. The van der Waals surface area contributed by atoms with Crippen LogP contribution in [0.1, 0.15) is 50.8 Å².